The summed E-state index contributed by atoms with van der Waals surface area (Å²) >= 11 is 0. The predicted octanol–water partition coefficient (Wildman–Crippen LogP) is 4.05. The van der Waals surface area contributed by atoms with Crippen molar-refractivity contribution in [3.63, 3.8) is 0 Å². The summed E-state index contributed by atoms with van der Waals surface area (Å²) in [5.41, 5.74) is 1.23. The van der Waals surface area contributed by atoms with Crippen LogP contribution in [0.15, 0.2) is 71.6 Å². The Kier molecular flexibility index (Phi) is 6.47. The molecule has 1 amide bonds. The van der Waals surface area contributed by atoms with Gasteiger partial charge in [-0.3, -0.25) is 9.52 Å². The van der Waals surface area contributed by atoms with Crippen LogP contribution in [-0.4, -0.2) is 20.9 Å². The van der Waals surface area contributed by atoms with Crippen LogP contribution in [0.4, 0.5) is 14.5 Å². The summed E-state index contributed by atoms with van der Waals surface area (Å²) in [6, 6.07) is 15.8. The Hall–Kier alpha value is -3.26. The number of hydrogen-bond acceptors (Lipinski definition) is 3. The highest BCUT2D eigenvalue weighted by Gasteiger charge is 2.16. The number of sulfonamides is 1. The van der Waals surface area contributed by atoms with Crippen LogP contribution in [0.5, 0.6) is 0 Å². The second-order valence-corrected chi connectivity index (χ2v) is 8.38. The number of anilines is 1. The summed E-state index contributed by atoms with van der Waals surface area (Å²) < 4.78 is 54.7. The minimum atomic E-state index is -4.02. The smallest absolute Gasteiger partial charge is 0.261 e. The Morgan fingerprint density at radius 1 is 0.933 bits per heavy atom. The van der Waals surface area contributed by atoms with Crippen molar-refractivity contribution in [1.82, 2.24) is 5.32 Å². The fraction of sp³-hybridized carbons (Fsp3) is 0.136. The molecule has 0 heterocycles. The van der Waals surface area contributed by atoms with Crippen LogP contribution >= 0.6 is 0 Å². The number of hydrogen-bond donors (Lipinski definition) is 2. The number of amides is 1. The number of aryl methyl sites for hydroxylation is 1. The minimum Gasteiger partial charge on any atom is -0.352 e. The number of nitrogens with one attached hydrogen (secondary N) is 2. The molecule has 5 nitrogen and oxygen atoms in total. The molecular weight excluding hydrogens is 410 g/mol. The molecule has 0 aliphatic heterocycles. The van der Waals surface area contributed by atoms with E-state index in [2.05, 4.69) is 10.0 Å². The molecule has 0 aliphatic carbocycles. The maximum atomic E-state index is 13.7. The standard InChI is InChI=1S/C22H20F2N2O3S/c1-15-9-10-19(14-21(15)24)30(28,29)26-18-7-4-6-17(13-18)22(27)25-12-11-16-5-2-3-8-20(16)23/h2-10,13-14,26H,11-12H2,1H3,(H,25,27). The summed E-state index contributed by atoms with van der Waals surface area (Å²) in [5, 5.41) is 2.68. The Balaban J connectivity index is 1.67. The molecule has 0 aliphatic rings. The van der Waals surface area contributed by atoms with E-state index in [0.717, 1.165) is 6.07 Å². The van der Waals surface area contributed by atoms with Crippen molar-refractivity contribution in [3.05, 3.63) is 95.1 Å². The van der Waals surface area contributed by atoms with E-state index in [0.29, 0.717) is 17.5 Å². The molecule has 0 saturated carbocycles. The van der Waals surface area contributed by atoms with E-state index in [-0.39, 0.29) is 28.5 Å². The second kappa shape index (κ2) is 9.04. The van der Waals surface area contributed by atoms with Gasteiger partial charge in [0.05, 0.1) is 4.90 Å². The number of halogens is 2. The van der Waals surface area contributed by atoms with Gasteiger partial charge in [-0.25, -0.2) is 17.2 Å². The SMILES string of the molecule is Cc1ccc(S(=O)(=O)Nc2cccc(C(=O)NCCc3ccccc3F)c2)cc1F. The zero-order valence-electron chi connectivity index (χ0n) is 16.2. The van der Waals surface area contributed by atoms with Crippen molar-refractivity contribution in [1.29, 1.82) is 0 Å². The molecule has 156 valence electrons. The van der Waals surface area contributed by atoms with Crippen molar-refractivity contribution >= 4 is 21.6 Å². The van der Waals surface area contributed by atoms with Gasteiger partial charge in [0.2, 0.25) is 0 Å². The zero-order valence-corrected chi connectivity index (χ0v) is 17.0. The maximum Gasteiger partial charge on any atom is 0.261 e. The van der Waals surface area contributed by atoms with Gasteiger partial charge in [0.25, 0.3) is 15.9 Å². The van der Waals surface area contributed by atoms with E-state index in [1.54, 1.807) is 18.2 Å². The van der Waals surface area contributed by atoms with Gasteiger partial charge in [-0.05, 0) is 60.9 Å². The first-order valence-corrected chi connectivity index (χ1v) is 10.7. The van der Waals surface area contributed by atoms with Crippen molar-refractivity contribution in [3.8, 4) is 0 Å². The summed E-state index contributed by atoms with van der Waals surface area (Å²) in [7, 11) is -4.02. The molecule has 0 bridgehead atoms. The largest absolute Gasteiger partial charge is 0.352 e. The molecule has 3 rings (SSSR count). The normalized spacial score (nSPS) is 11.2. The molecule has 0 spiro atoms. The molecular formula is C22H20F2N2O3S. The molecule has 3 aromatic rings. The average Bonchev–Trinajstić information content (AvgIpc) is 2.71. The first kappa shape index (κ1) is 21.4. The zero-order chi connectivity index (χ0) is 21.7. The van der Waals surface area contributed by atoms with Gasteiger partial charge in [-0.1, -0.05) is 30.3 Å². The van der Waals surface area contributed by atoms with Gasteiger partial charge in [0, 0.05) is 17.8 Å². The third kappa shape index (κ3) is 5.21. The second-order valence-electron chi connectivity index (χ2n) is 6.69. The van der Waals surface area contributed by atoms with Crippen LogP contribution in [0.2, 0.25) is 0 Å². The third-order valence-corrected chi connectivity index (χ3v) is 5.85. The van der Waals surface area contributed by atoms with Crippen molar-refractivity contribution in [2.24, 2.45) is 0 Å². The summed E-state index contributed by atoms with van der Waals surface area (Å²) in [6.07, 6.45) is 0.323. The highest BCUT2D eigenvalue weighted by molar-refractivity contribution is 7.92. The molecule has 2 N–H and O–H groups in total. The van der Waals surface area contributed by atoms with Gasteiger partial charge in [0.1, 0.15) is 11.6 Å². The molecule has 0 radical (unpaired) electrons. The van der Waals surface area contributed by atoms with E-state index in [4.69, 9.17) is 0 Å². The Morgan fingerprint density at radius 2 is 1.70 bits per heavy atom. The lowest BCUT2D eigenvalue weighted by molar-refractivity contribution is 0.0954. The average molecular weight is 430 g/mol. The number of rotatable bonds is 7. The van der Waals surface area contributed by atoms with Crippen LogP contribution in [0.3, 0.4) is 0 Å². The van der Waals surface area contributed by atoms with E-state index < -0.39 is 21.7 Å². The van der Waals surface area contributed by atoms with Gasteiger partial charge in [0.15, 0.2) is 0 Å². The van der Waals surface area contributed by atoms with Gasteiger partial charge in [-0.15, -0.1) is 0 Å². The lowest BCUT2D eigenvalue weighted by atomic mass is 10.1. The molecule has 0 atom stereocenters. The van der Waals surface area contributed by atoms with Gasteiger partial charge in [-0.2, -0.15) is 0 Å². The van der Waals surface area contributed by atoms with E-state index >= 15 is 0 Å². The summed E-state index contributed by atoms with van der Waals surface area (Å²) in [4.78, 5) is 12.1. The van der Waals surface area contributed by atoms with Crippen molar-refractivity contribution in [2.45, 2.75) is 18.2 Å². The van der Waals surface area contributed by atoms with Crippen molar-refractivity contribution in [2.75, 3.05) is 11.3 Å². The molecule has 0 aromatic heterocycles. The topological polar surface area (TPSA) is 75.3 Å². The number of carbonyl (C=O) groups is 1. The van der Waals surface area contributed by atoms with Crippen molar-refractivity contribution < 1.29 is 22.0 Å². The molecule has 3 aromatic carbocycles. The first-order valence-electron chi connectivity index (χ1n) is 9.17. The highest BCUT2D eigenvalue weighted by Crippen LogP contribution is 2.19. The molecule has 0 saturated heterocycles. The van der Waals surface area contributed by atoms with Crippen LogP contribution < -0.4 is 10.0 Å². The fourth-order valence-electron chi connectivity index (χ4n) is 2.79. The maximum absolute atomic E-state index is 13.7. The number of benzene rings is 3. The third-order valence-electron chi connectivity index (χ3n) is 4.47. The molecule has 8 heteroatoms. The van der Waals surface area contributed by atoms with Gasteiger partial charge >= 0.3 is 0 Å². The minimum absolute atomic E-state index is 0.165. The van der Waals surface area contributed by atoms with Crippen LogP contribution in [0.25, 0.3) is 0 Å². The summed E-state index contributed by atoms with van der Waals surface area (Å²) in [5.74, 6) is -1.38. The molecule has 0 fully saturated rings. The van der Waals surface area contributed by atoms with E-state index in [1.165, 1.54) is 49.4 Å². The lowest BCUT2D eigenvalue weighted by Gasteiger charge is -2.11. The van der Waals surface area contributed by atoms with E-state index in [1.807, 2.05) is 0 Å². The quantitative estimate of drug-likeness (QED) is 0.594. The highest BCUT2D eigenvalue weighted by atomic mass is 32.2. The summed E-state index contributed by atoms with van der Waals surface area (Å²) in [6.45, 7) is 1.76. The van der Waals surface area contributed by atoms with Gasteiger partial charge < -0.3 is 5.32 Å². The Bertz CT molecular complexity index is 1180. The Morgan fingerprint density at radius 3 is 2.43 bits per heavy atom. The number of carbonyl (C=O) groups excluding carboxylic acids is 1. The van der Waals surface area contributed by atoms with E-state index in [9.17, 15) is 22.0 Å². The lowest BCUT2D eigenvalue weighted by Crippen LogP contribution is -2.26. The Labute approximate surface area is 173 Å². The molecule has 30 heavy (non-hydrogen) atoms. The van der Waals surface area contributed by atoms with Crippen LogP contribution in [0, 0.1) is 18.6 Å². The monoisotopic (exact) mass is 430 g/mol. The first-order chi connectivity index (χ1) is 14.3. The van der Waals surface area contributed by atoms with Crippen LogP contribution in [-0.2, 0) is 16.4 Å². The van der Waals surface area contributed by atoms with Crippen LogP contribution in [0.1, 0.15) is 21.5 Å². The fourth-order valence-corrected chi connectivity index (χ4v) is 3.85. The molecule has 0 unspecified atom stereocenters. The predicted molar refractivity (Wildman–Crippen MR) is 111 cm³/mol.